The number of nitrogens with zero attached hydrogens (tertiary/aromatic N) is 2. The first-order valence-electron chi connectivity index (χ1n) is 10.5. The maximum atomic E-state index is 12.5. The van der Waals surface area contributed by atoms with Gasteiger partial charge in [-0.15, -0.1) is 0 Å². The van der Waals surface area contributed by atoms with Crippen molar-refractivity contribution in [1.29, 1.82) is 5.26 Å². The molecule has 1 saturated heterocycles. The average Bonchev–Trinajstić information content (AvgIpc) is 2.96. The Morgan fingerprint density at radius 2 is 1.93 bits per heavy atom. The summed E-state index contributed by atoms with van der Waals surface area (Å²) in [4.78, 5) is 4.56. The van der Waals surface area contributed by atoms with Crippen molar-refractivity contribution in [3.63, 3.8) is 0 Å². The fourth-order valence-corrected chi connectivity index (χ4v) is 7.38. The lowest BCUT2D eigenvalue weighted by molar-refractivity contribution is 0.144. The maximum Gasteiger partial charge on any atom is 0.215 e. The molecule has 1 N–H and O–H groups in total. The van der Waals surface area contributed by atoms with E-state index in [0.717, 1.165) is 23.2 Å². The van der Waals surface area contributed by atoms with Crippen molar-refractivity contribution in [2.24, 2.45) is 23.7 Å². The summed E-state index contributed by atoms with van der Waals surface area (Å²) in [6.07, 6.45) is 6.67. The van der Waals surface area contributed by atoms with E-state index in [9.17, 15) is 13.7 Å². The molecule has 1 aromatic carbocycles. The number of allylic oxidation sites excluding steroid dienone is 1. The van der Waals surface area contributed by atoms with E-state index >= 15 is 0 Å². The third-order valence-corrected chi connectivity index (χ3v) is 8.95. The molecule has 1 saturated carbocycles. The Balaban J connectivity index is 1.59. The number of rotatable bonds is 3. The first-order chi connectivity index (χ1) is 14.3. The summed E-state index contributed by atoms with van der Waals surface area (Å²) in [5, 5.41) is 9.00. The van der Waals surface area contributed by atoms with Crippen LogP contribution in [0.4, 0.5) is 0 Å². The number of hydrogen-bond acceptors (Lipinski definition) is 4. The topological polar surface area (TPSA) is 82.8 Å². The predicted molar refractivity (Wildman–Crippen MR) is 119 cm³/mol. The minimum Gasteiger partial charge on any atom is -0.256 e. The average molecular weight is 422 g/mol. The van der Waals surface area contributed by atoms with Crippen LogP contribution in [0.5, 0.6) is 0 Å². The molecule has 5 nitrogen and oxygen atoms in total. The Kier molecular flexibility index (Phi) is 5.52. The lowest BCUT2D eigenvalue weighted by Crippen LogP contribution is -2.42. The number of benzene rings is 1. The van der Waals surface area contributed by atoms with Crippen LogP contribution in [-0.4, -0.2) is 24.7 Å². The Morgan fingerprint density at radius 3 is 2.63 bits per heavy atom. The van der Waals surface area contributed by atoms with E-state index in [1.165, 1.54) is 0 Å². The van der Waals surface area contributed by atoms with Gasteiger partial charge in [0.2, 0.25) is 10.0 Å². The van der Waals surface area contributed by atoms with Gasteiger partial charge in [0.15, 0.2) is 0 Å². The van der Waals surface area contributed by atoms with Gasteiger partial charge in [-0.3, -0.25) is 4.98 Å². The van der Waals surface area contributed by atoms with E-state index < -0.39 is 10.0 Å². The molecule has 2 heterocycles. The van der Waals surface area contributed by atoms with Gasteiger partial charge in [-0.25, -0.2) is 13.1 Å². The van der Waals surface area contributed by atoms with Gasteiger partial charge in [0.25, 0.3) is 0 Å². The summed E-state index contributed by atoms with van der Waals surface area (Å²) in [6, 6.07) is 13.6. The van der Waals surface area contributed by atoms with Gasteiger partial charge in [0.05, 0.1) is 22.6 Å². The van der Waals surface area contributed by atoms with Crippen LogP contribution in [0, 0.1) is 35.0 Å². The number of fused-ring (bicyclic) bond motifs is 1. The molecule has 2 aromatic rings. The molecule has 0 unspecified atom stereocenters. The quantitative estimate of drug-likeness (QED) is 0.804. The lowest BCUT2D eigenvalue weighted by Gasteiger charge is -2.41. The molecule has 6 atom stereocenters. The van der Waals surface area contributed by atoms with Crippen molar-refractivity contribution >= 4 is 16.1 Å². The highest BCUT2D eigenvalue weighted by atomic mass is 32.2. The fraction of sp³-hybridized carbons (Fsp3) is 0.417. The van der Waals surface area contributed by atoms with Gasteiger partial charge in [-0.1, -0.05) is 44.2 Å². The maximum absolute atomic E-state index is 12.5. The van der Waals surface area contributed by atoms with E-state index in [1.807, 2.05) is 43.3 Å². The highest BCUT2D eigenvalue weighted by Gasteiger charge is 2.52. The minimum absolute atomic E-state index is 0.0533. The van der Waals surface area contributed by atoms with E-state index in [-0.39, 0.29) is 23.1 Å². The van der Waals surface area contributed by atoms with Crippen LogP contribution >= 0.6 is 0 Å². The zero-order valence-electron chi connectivity index (χ0n) is 17.5. The number of nitriles is 1. The third kappa shape index (κ3) is 3.68. The first-order valence-corrected chi connectivity index (χ1v) is 12.0. The predicted octanol–water partition coefficient (Wildman–Crippen LogP) is 4.23. The van der Waals surface area contributed by atoms with Crippen LogP contribution in [0.2, 0.25) is 0 Å². The van der Waals surface area contributed by atoms with Gasteiger partial charge in [-0.2, -0.15) is 5.26 Å². The number of nitrogens with one attached hydrogen (secondary N) is 1. The molecule has 1 aromatic heterocycles. The Hall–Kier alpha value is -2.49. The van der Waals surface area contributed by atoms with E-state index in [2.05, 4.69) is 35.7 Å². The normalized spacial score (nSPS) is 32.6. The van der Waals surface area contributed by atoms with Gasteiger partial charge < -0.3 is 0 Å². The summed E-state index contributed by atoms with van der Waals surface area (Å²) in [5.41, 5.74) is 3.24. The van der Waals surface area contributed by atoms with E-state index in [1.54, 1.807) is 12.3 Å². The summed E-state index contributed by atoms with van der Waals surface area (Å²) in [7, 11) is -3.24. The minimum atomic E-state index is -3.24. The molecule has 6 heteroatoms. The van der Waals surface area contributed by atoms with Crippen molar-refractivity contribution in [3.8, 4) is 17.2 Å². The second-order valence-electron chi connectivity index (χ2n) is 8.71. The van der Waals surface area contributed by atoms with Crippen LogP contribution in [0.25, 0.3) is 17.2 Å². The van der Waals surface area contributed by atoms with Gasteiger partial charge in [0, 0.05) is 23.4 Å². The molecule has 2 fully saturated rings. The molecule has 156 valence electrons. The zero-order chi connectivity index (χ0) is 21.5. The van der Waals surface area contributed by atoms with Crippen LogP contribution < -0.4 is 4.72 Å². The molecule has 0 spiro atoms. The Bertz CT molecular complexity index is 1100. The fourth-order valence-electron chi connectivity index (χ4n) is 5.14. The van der Waals surface area contributed by atoms with E-state index in [4.69, 9.17) is 0 Å². The molecule has 1 aliphatic carbocycles. The highest BCUT2D eigenvalue weighted by molar-refractivity contribution is 7.90. The largest absolute Gasteiger partial charge is 0.256 e. The van der Waals surface area contributed by atoms with Crippen molar-refractivity contribution in [3.05, 3.63) is 59.9 Å². The Morgan fingerprint density at radius 1 is 1.17 bits per heavy atom. The lowest BCUT2D eigenvalue weighted by atomic mass is 9.65. The third-order valence-electron chi connectivity index (χ3n) is 6.94. The van der Waals surface area contributed by atoms with Crippen molar-refractivity contribution < 1.29 is 8.42 Å². The van der Waals surface area contributed by atoms with Crippen LogP contribution in [0.3, 0.4) is 0 Å². The van der Waals surface area contributed by atoms with E-state index in [0.29, 0.717) is 17.4 Å². The first kappa shape index (κ1) is 20.8. The smallest absolute Gasteiger partial charge is 0.215 e. The molecule has 30 heavy (non-hydrogen) atoms. The van der Waals surface area contributed by atoms with Gasteiger partial charge in [0.1, 0.15) is 0 Å². The monoisotopic (exact) mass is 421 g/mol. The van der Waals surface area contributed by atoms with Crippen molar-refractivity contribution in [1.82, 2.24) is 9.71 Å². The number of aromatic nitrogens is 1. The van der Waals surface area contributed by atoms with Crippen LogP contribution in [0.1, 0.15) is 38.4 Å². The molecule has 0 amide bonds. The molecule has 4 rings (SSSR count). The molecule has 1 aliphatic heterocycles. The second-order valence-corrected chi connectivity index (χ2v) is 10.6. The van der Waals surface area contributed by atoms with Gasteiger partial charge >= 0.3 is 0 Å². The number of hydrogen-bond donors (Lipinski definition) is 1. The SMILES string of the molecule is C[C@H]1[C@H](/C=C/c2ccc(-c3ccccc3C#N)cn2)[C@H]2[C@@H](C[C@@H]1C)S(=O)(=O)N[C@@H]2C. The summed E-state index contributed by atoms with van der Waals surface area (Å²) in [5.74, 6) is 1.01. The molecular weight excluding hydrogens is 394 g/mol. The summed E-state index contributed by atoms with van der Waals surface area (Å²) >= 11 is 0. The highest BCUT2D eigenvalue weighted by Crippen LogP contribution is 2.46. The summed E-state index contributed by atoms with van der Waals surface area (Å²) in [6.45, 7) is 6.36. The van der Waals surface area contributed by atoms with Crippen molar-refractivity contribution in [2.75, 3.05) is 0 Å². The molecule has 0 radical (unpaired) electrons. The standard InChI is InChI=1S/C24H27N3O2S/c1-15-12-23-24(17(3)27-30(23,28)29)21(16(15)2)11-10-20-9-8-19(14-26-20)22-7-5-4-6-18(22)13-25/h4-11,14-17,21,23-24,27H,12H2,1-3H3/b11-10+/t15-,16+,17+,21-,23+,24-/m0/s1. The number of sulfonamides is 1. The molecule has 0 bridgehead atoms. The van der Waals surface area contributed by atoms with Crippen LogP contribution in [0.15, 0.2) is 48.7 Å². The molecular formula is C24H27N3O2S. The van der Waals surface area contributed by atoms with Crippen molar-refractivity contribution in [2.45, 2.75) is 38.5 Å². The van der Waals surface area contributed by atoms with Gasteiger partial charge in [-0.05, 0) is 55.2 Å². The molecule has 2 aliphatic rings. The Labute approximate surface area is 178 Å². The second kappa shape index (κ2) is 7.98. The van der Waals surface area contributed by atoms with Crippen LogP contribution in [-0.2, 0) is 10.0 Å². The number of pyridine rings is 1. The summed E-state index contributed by atoms with van der Waals surface area (Å²) < 4.78 is 27.9. The zero-order valence-corrected chi connectivity index (χ0v) is 18.3.